The normalized spacial score (nSPS) is 16.7. The van der Waals surface area contributed by atoms with E-state index in [0.29, 0.717) is 31.5 Å². The van der Waals surface area contributed by atoms with Crippen LogP contribution in [0.3, 0.4) is 0 Å². The third-order valence-electron chi connectivity index (χ3n) is 4.59. The number of hydrogen-bond donors (Lipinski definition) is 1. The van der Waals surface area contributed by atoms with Gasteiger partial charge in [0.2, 0.25) is 5.91 Å². The Kier molecular flexibility index (Phi) is 6.03. The standard InChI is InChI=1S/C18H22BrN5O2/c1-2-23-12-21-22-16(23)9-10-20-17(25)15-4-3-11-24(15)18(26)13-5-7-14(19)8-6-13/h5-8,12,15H,2-4,9-11H2,1H3,(H,20,25). The van der Waals surface area contributed by atoms with Gasteiger partial charge in [0.1, 0.15) is 18.2 Å². The van der Waals surface area contributed by atoms with Crippen LogP contribution in [0.5, 0.6) is 0 Å². The van der Waals surface area contributed by atoms with Crippen LogP contribution in [-0.4, -0.2) is 50.6 Å². The Morgan fingerprint density at radius 2 is 2.08 bits per heavy atom. The average molecular weight is 420 g/mol. The largest absolute Gasteiger partial charge is 0.354 e. The van der Waals surface area contributed by atoms with Crippen molar-refractivity contribution in [3.8, 4) is 0 Å². The minimum absolute atomic E-state index is 0.0964. The first-order chi connectivity index (χ1) is 12.6. The molecule has 3 rings (SSSR count). The van der Waals surface area contributed by atoms with Crippen LogP contribution >= 0.6 is 15.9 Å². The van der Waals surface area contributed by atoms with Gasteiger partial charge < -0.3 is 14.8 Å². The molecule has 1 unspecified atom stereocenters. The van der Waals surface area contributed by atoms with Crippen molar-refractivity contribution in [3.05, 3.63) is 46.5 Å². The van der Waals surface area contributed by atoms with Gasteiger partial charge in [-0.1, -0.05) is 15.9 Å². The van der Waals surface area contributed by atoms with Gasteiger partial charge in [-0.2, -0.15) is 0 Å². The van der Waals surface area contributed by atoms with Crippen molar-refractivity contribution in [1.29, 1.82) is 0 Å². The summed E-state index contributed by atoms with van der Waals surface area (Å²) in [5, 5.41) is 10.9. The van der Waals surface area contributed by atoms with Gasteiger partial charge in [-0.15, -0.1) is 10.2 Å². The van der Waals surface area contributed by atoms with E-state index in [1.165, 1.54) is 0 Å². The fourth-order valence-corrected chi connectivity index (χ4v) is 3.46. The maximum absolute atomic E-state index is 12.7. The molecule has 1 aliphatic heterocycles. The summed E-state index contributed by atoms with van der Waals surface area (Å²) in [7, 11) is 0. The first kappa shape index (κ1) is 18.6. The number of rotatable bonds is 6. The van der Waals surface area contributed by atoms with Crippen molar-refractivity contribution < 1.29 is 9.59 Å². The fraction of sp³-hybridized carbons (Fsp3) is 0.444. The predicted octanol–water partition coefficient (Wildman–Crippen LogP) is 2.02. The molecule has 138 valence electrons. The topological polar surface area (TPSA) is 80.1 Å². The minimum Gasteiger partial charge on any atom is -0.354 e. The Balaban J connectivity index is 1.57. The molecule has 1 aromatic heterocycles. The third-order valence-corrected chi connectivity index (χ3v) is 5.12. The van der Waals surface area contributed by atoms with E-state index < -0.39 is 6.04 Å². The molecule has 0 aliphatic carbocycles. The summed E-state index contributed by atoms with van der Waals surface area (Å²) in [4.78, 5) is 27.0. The second-order valence-corrected chi connectivity index (χ2v) is 7.15. The SMILES string of the molecule is CCn1cnnc1CCNC(=O)C1CCCN1C(=O)c1ccc(Br)cc1. The Labute approximate surface area is 160 Å². The van der Waals surface area contributed by atoms with Crippen molar-refractivity contribution >= 4 is 27.7 Å². The van der Waals surface area contributed by atoms with E-state index in [9.17, 15) is 9.59 Å². The summed E-state index contributed by atoms with van der Waals surface area (Å²) < 4.78 is 2.87. The van der Waals surface area contributed by atoms with Gasteiger partial charge in [0, 0.05) is 36.1 Å². The lowest BCUT2D eigenvalue weighted by Gasteiger charge is -2.24. The Morgan fingerprint density at radius 3 is 2.81 bits per heavy atom. The van der Waals surface area contributed by atoms with Crippen molar-refractivity contribution in [3.63, 3.8) is 0 Å². The van der Waals surface area contributed by atoms with Gasteiger partial charge in [-0.05, 0) is 44.0 Å². The molecule has 0 radical (unpaired) electrons. The van der Waals surface area contributed by atoms with E-state index >= 15 is 0 Å². The number of carbonyl (C=O) groups excluding carboxylic acids is 2. The second-order valence-electron chi connectivity index (χ2n) is 6.24. The molecule has 2 aromatic rings. The summed E-state index contributed by atoms with van der Waals surface area (Å²) >= 11 is 3.37. The zero-order valence-electron chi connectivity index (χ0n) is 14.7. The first-order valence-corrected chi connectivity index (χ1v) is 9.60. The van der Waals surface area contributed by atoms with Crippen LogP contribution in [0.4, 0.5) is 0 Å². The highest BCUT2D eigenvalue weighted by Gasteiger charge is 2.34. The van der Waals surface area contributed by atoms with Crippen molar-refractivity contribution in [1.82, 2.24) is 25.0 Å². The summed E-state index contributed by atoms with van der Waals surface area (Å²) in [6, 6.07) is 6.81. The molecule has 7 nitrogen and oxygen atoms in total. The molecule has 2 amide bonds. The Morgan fingerprint density at radius 1 is 1.31 bits per heavy atom. The lowest BCUT2D eigenvalue weighted by atomic mass is 10.1. The molecule has 1 atom stereocenters. The third kappa shape index (κ3) is 4.12. The first-order valence-electron chi connectivity index (χ1n) is 8.81. The molecule has 1 N–H and O–H groups in total. The van der Waals surface area contributed by atoms with Crippen LogP contribution in [0.2, 0.25) is 0 Å². The summed E-state index contributed by atoms with van der Waals surface area (Å²) in [6.45, 7) is 3.91. The van der Waals surface area contributed by atoms with Crippen LogP contribution in [0.1, 0.15) is 35.9 Å². The molecule has 2 heterocycles. The van der Waals surface area contributed by atoms with Gasteiger partial charge in [-0.3, -0.25) is 9.59 Å². The monoisotopic (exact) mass is 419 g/mol. The van der Waals surface area contributed by atoms with Crippen molar-refractivity contribution in [2.24, 2.45) is 0 Å². The Bertz CT molecular complexity index is 774. The van der Waals surface area contributed by atoms with Crippen molar-refractivity contribution in [2.45, 2.75) is 38.8 Å². The molecule has 1 saturated heterocycles. The average Bonchev–Trinajstić information content (AvgIpc) is 3.30. The Hall–Kier alpha value is -2.22. The molecule has 0 saturated carbocycles. The number of likely N-dealkylation sites (tertiary alicyclic amines) is 1. The number of carbonyl (C=O) groups is 2. The van der Waals surface area contributed by atoms with Gasteiger partial charge in [0.05, 0.1) is 0 Å². The number of aromatic nitrogens is 3. The number of amides is 2. The number of aryl methyl sites for hydroxylation is 1. The van der Waals surface area contributed by atoms with Crippen LogP contribution in [0, 0.1) is 0 Å². The predicted molar refractivity (Wildman–Crippen MR) is 101 cm³/mol. The van der Waals surface area contributed by atoms with Gasteiger partial charge >= 0.3 is 0 Å². The molecular formula is C18H22BrN5O2. The van der Waals surface area contributed by atoms with E-state index in [4.69, 9.17) is 0 Å². The van der Waals surface area contributed by atoms with E-state index in [1.54, 1.807) is 23.4 Å². The van der Waals surface area contributed by atoms with Gasteiger partial charge in [-0.25, -0.2) is 0 Å². The van der Waals surface area contributed by atoms with Crippen LogP contribution < -0.4 is 5.32 Å². The molecule has 1 aromatic carbocycles. The quantitative estimate of drug-likeness (QED) is 0.776. The number of nitrogens with one attached hydrogen (secondary N) is 1. The number of nitrogens with zero attached hydrogens (tertiary/aromatic N) is 4. The summed E-state index contributed by atoms with van der Waals surface area (Å²) in [6.07, 6.45) is 3.84. The molecule has 8 heteroatoms. The smallest absolute Gasteiger partial charge is 0.254 e. The minimum atomic E-state index is -0.407. The zero-order chi connectivity index (χ0) is 18.5. The van der Waals surface area contributed by atoms with E-state index in [0.717, 1.165) is 23.3 Å². The van der Waals surface area contributed by atoms with Gasteiger partial charge in [0.25, 0.3) is 5.91 Å². The number of hydrogen-bond acceptors (Lipinski definition) is 4. The van der Waals surface area contributed by atoms with E-state index in [-0.39, 0.29) is 11.8 Å². The lowest BCUT2D eigenvalue weighted by Crippen LogP contribution is -2.46. The zero-order valence-corrected chi connectivity index (χ0v) is 16.3. The molecular weight excluding hydrogens is 398 g/mol. The maximum Gasteiger partial charge on any atom is 0.254 e. The van der Waals surface area contributed by atoms with E-state index in [2.05, 4.69) is 31.4 Å². The van der Waals surface area contributed by atoms with Crippen LogP contribution in [0.25, 0.3) is 0 Å². The number of halogens is 1. The second kappa shape index (κ2) is 8.44. The van der Waals surface area contributed by atoms with Gasteiger partial charge in [0.15, 0.2) is 0 Å². The fourth-order valence-electron chi connectivity index (χ4n) is 3.19. The molecule has 1 fully saturated rings. The lowest BCUT2D eigenvalue weighted by molar-refractivity contribution is -0.124. The van der Waals surface area contributed by atoms with E-state index in [1.807, 2.05) is 23.6 Å². The molecule has 26 heavy (non-hydrogen) atoms. The highest BCUT2D eigenvalue weighted by molar-refractivity contribution is 9.10. The maximum atomic E-state index is 12.7. The van der Waals surface area contributed by atoms with Crippen molar-refractivity contribution in [2.75, 3.05) is 13.1 Å². The number of benzene rings is 1. The van der Waals surface area contributed by atoms with Crippen LogP contribution in [-0.2, 0) is 17.8 Å². The molecule has 0 bridgehead atoms. The summed E-state index contributed by atoms with van der Waals surface area (Å²) in [5.41, 5.74) is 0.601. The highest BCUT2D eigenvalue weighted by atomic mass is 79.9. The van der Waals surface area contributed by atoms with Crippen LogP contribution in [0.15, 0.2) is 35.1 Å². The molecule has 0 spiro atoms. The molecule has 1 aliphatic rings. The summed E-state index contributed by atoms with van der Waals surface area (Å²) in [5.74, 6) is 0.651. The highest BCUT2D eigenvalue weighted by Crippen LogP contribution is 2.21.